The number of nitrogens with one attached hydrogen (secondary N) is 1. The third kappa shape index (κ3) is 6.94. The number of nitrogens with zero attached hydrogens (tertiary/aromatic N) is 1. The summed E-state index contributed by atoms with van der Waals surface area (Å²) in [7, 11) is 1.59. The first kappa shape index (κ1) is 21.3. The van der Waals surface area contributed by atoms with Crippen molar-refractivity contribution in [2.24, 2.45) is 0 Å². The Labute approximate surface area is 155 Å². The maximum absolute atomic E-state index is 12.2. The molecule has 5 nitrogen and oxygen atoms in total. The van der Waals surface area contributed by atoms with Gasteiger partial charge >= 0.3 is 0 Å². The van der Waals surface area contributed by atoms with E-state index in [1.165, 1.54) is 4.90 Å². The number of ether oxygens (including phenoxy) is 1. The molecule has 0 aliphatic rings. The number of carbonyl (C=O) groups excluding carboxylic acids is 2. The number of carbonyl (C=O) groups is 2. The van der Waals surface area contributed by atoms with Gasteiger partial charge in [-0.1, -0.05) is 25.4 Å². The third-order valence-electron chi connectivity index (χ3n) is 3.59. The van der Waals surface area contributed by atoms with Crippen LogP contribution in [0.5, 0.6) is 5.75 Å². The average molecular weight is 369 g/mol. The van der Waals surface area contributed by atoms with Gasteiger partial charge in [0.2, 0.25) is 5.91 Å². The minimum Gasteiger partial charge on any atom is -0.483 e. The lowest BCUT2D eigenvalue weighted by Crippen LogP contribution is -2.47. The highest BCUT2D eigenvalue weighted by atomic mass is 35.5. The molecule has 0 heterocycles. The highest BCUT2D eigenvalue weighted by Gasteiger charge is 2.19. The smallest absolute Gasteiger partial charge is 0.260 e. The summed E-state index contributed by atoms with van der Waals surface area (Å²) in [5.41, 5.74) is 1.52. The zero-order valence-electron chi connectivity index (χ0n) is 16.2. The van der Waals surface area contributed by atoms with Crippen molar-refractivity contribution in [3.63, 3.8) is 0 Å². The molecule has 0 atom stereocenters. The Hall–Kier alpha value is -1.75. The Balaban J connectivity index is 2.70. The van der Waals surface area contributed by atoms with Gasteiger partial charge in [-0.25, -0.2) is 0 Å². The van der Waals surface area contributed by atoms with Gasteiger partial charge in [-0.05, 0) is 56.9 Å². The van der Waals surface area contributed by atoms with Gasteiger partial charge in [0.1, 0.15) is 5.75 Å². The Bertz CT molecular complexity index is 636. The van der Waals surface area contributed by atoms with Crippen molar-refractivity contribution in [1.82, 2.24) is 10.2 Å². The number of hydrogen-bond acceptors (Lipinski definition) is 3. The molecule has 6 heteroatoms. The van der Waals surface area contributed by atoms with E-state index in [-0.39, 0.29) is 36.4 Å². The second-order valence-corrected chi connectivity index (χ2v) is 8.04. The first-order chi connectivity index (χ1) is 11.4. The highest BCUT2D eigenvalue weighted by Crippen LogP contribution is 2.31. The van der Waals surface area contributed by atoms with E-state index < -0.39 is 0 Å². The van der Waals surface area contributed by atoms with Crippen LogP contribution in [0.1, 0.15) is 51.7 Å². The second-order valence-electron chi connectivity index (χ2n) is 7.63. The lowest BCUT2D eigenvalue weighted by atomic mass is 10.0. The normalized spacial score (nSPS) is 11.4. The first-order valence-electron chi connectivity index (χ1n) is 8.38. The molecule has 0 saturated carbocycles. The van der Waals surface area contributed by atoms with Gasteiger partial charge in [-0.15, -0.1) is 0 Å². The summed E-state index contributed by atoms with van der Waals surface area (Å²) in [5.74, 6) is 0.413. The molecule has 1 aromatic carbocycles. The quantitative estimate of drug-likeness (QED) is 0.835. The van der Waals surface area contributed by atoms with E-state index >= 15 is 0 Å². The van der Waals surface area contributed by atoms with Crippen molar-refractivity contribution >= 4 is 23.4 Å². The zero-order chi connectivity index (χ0) is 19.4. The lowest BCUT2D eigenvalue weighted by Gasteiger charge is -2.23. The average Bonchev–Trinajstić information content (AvgIpc) is 2.45. The summed E-state index contributed by atoms with van der Waals surface area (Å²) in [6.07, 6.45) is 0. The van der Waals surface area contributed by atoms with Crippen molar-refractivity contribution in [3.05, 3.63) is 28.3 Å². The molecule has 2 amide bonds. The standard InChI is InChI=1S/C19H29ClN2O3/c1-12(2)14-9-15(20)13(3)8-16(14)25-11-18(24)22(7)10-17(23)21-19(4,5)6/h8-9,12H,10-11H2,1-7H3,(H,21,23). The van der Waals surface area contributed by atoms with Crippen LogP contribution in [-0.2, 0) is 9.59 Å². The maximum atomic E-state index is 12.2. The minimum absolute atomic E-state index is 0.00382. The fourth-order valence-electron chi connectivity index (χ4n) is 2.26. The molecular formula is C19H29ClN2O3. The van der Waals surface area contributed by atoms with Gasteiger partial charge in [0.05, 0.1) is 6.54 Å². The summed E-state index contributed by atoms with van der Waals surface area (Å²) >= 11 is 6.18. The summed E-state index contributed by atoms with van der Waals surface area (Å²) < 4.78 is 5.72. The zero-order valence-corrected chi connectivity index (χ0v) is 17.0. The number of amides is 2. The molecule has 0 bridgehead atoms. The van der Waals surface area contributed by atoms with Crippen molar-refractivity contribution in [1.29, 1.82) is 0 Å². The topological polar surface area (TPSA) is 58.6 Å². The number of halogens is 1. The molecule has 0 fully saturated rings. The number of benzene rings is 1. The molecule has 0 aromatic heterocycles. The number of rotatable bonds is 6. The van der Waals surface area contributed by atoms with Crippen LogP contribution in [0.3, 0.4) is 0 Å². The van der Waals surface area contributed by atoms with E-state index in [0.29, 0.717) is 10.8 Å². The molecule has 140 valence electrons. The molecule has 1 rings (SSSR count). The van der Waals surface area contributed by atoms with E-state index in [0.717, 1.165) is 11.1 Å². The Morgan fingerprint density at radius 1 is 1.28 bits per heavy atom. The van der Waals surface area contributed by atoms with Crippen LogP contribution in [0.25, 0.3) is 0 Å². The van der Waals surface area contributed by atoms with Crippen LogP contribution in [0.4, 0.5) is 0 Å². The number of aryl methyl sites for hydroxylation is 1. The van der Waals surface area contributed by atoms with Crippen LogP contribution in [-0.4, -0.2) is 42.5 Å². The summed E-state index contributed by atoms with van der Waals surface area (Å²) in [6.45, 7) is 11.5. The van der Waals surface area contributed by atoms with Crippen molar-refractivity contribution in [2.75, 3.05) is 20.2 Å². The molecule has 0 unspecified atom stereocenters. The van der Waals surface area contributed by atoms with Crippen molar-refractivity contribution < 1.29 is 14.3 Å². The Morgan fingerprint density at radius 3 is 2.40 bits per heavy atom. The van der Waals surface area contributed by atoms with E-state index in [9.17, 15) is 9.59 Å². The van der Waals surface area contributed by atoms with Crippen molar-refractivity contribution in [3.8, 4) is 5.75 Å². The third-order valence-corrected chi connectivity index (χ3v) is 3.99. The van der Waals surface area contributed by atoms with Crippen LogP contribution >= 0.6 is 11.6 Å². The van der Waals surface area contributed by atoms with Crippen LogP contribution in [0.2, 0.25) is 5.02 Å². The van der Waals surface area contributed by atoms with Crippen LogP contribution in [0.15, 0.2) is 12.1 Å². The summed E-state index contributed by atoms with van der Waals surface area (Å²) in [4.78, 5) is 25.5. The minimum atomic E-state index is -0.329. The van der Waals surface area contributed by atoms with Gasteiger partial charge in [0, 0.05) is 17.6 Å². The molecule has 0 aliphatic carbocycles. The highest BCUT2D eigenvalue weighted by molar-refractivity contribution is 6.31. The summed E-state index contributed by atoms with van der Waals surface area (Å²) in [6, 6.07) is 3.72. The molecule has 1 aromatic rings. The van der Waals surface area contributed by atoms with Gasteiger partial charge < -0.3 is 15.0 Å². The number of hydrogen-bond donors (Lipinski definition) is 1. The molecule has 25 heavy (non-hydrogen) atoms. The van der Waals surface area contributed by atoms with Crippen LogP contribution in [0, 0.1) is 6.92 Å². The van der Waals surface area contributed by atoms with E-state index in [1.54, 1.807) is 7.05 Å². The summed E-state index contributed by atoms with van der Waals surface area (Å²) in [5, 5.41) is 3.51. The Morgan fingerprint density at radius 2 is 1.88 bits per heavy atom. The first-order valence-corrected chi connectivity index (χ1v) is 8.76. The van der Waals surface area contributed by atoms with Gasteiger partial charge in [-0.2, -0.15) is 0 Å². The van der Waals surface area contributed by atoms with Crippen molar-refractivity contribution in [2.45, 2.75) is 53.0 Å². The molecule has 0 aliphatic heterocycles. The predicted molar refractivity (Wildman–Crippen MR) is 101 cm³/mol. The largest absolute Gasteiger partial charge is 0.483 e. The van der Waals surface area contributed by atoms with E-state index in [1.807, 2.05) is 53.7 Å². The van der Waals surface area contributed by atoms with Gasteiger partial charge in [-0.3, -0.25) is 9.59 Å². The number of likely N-dealkylation sites (N-methyl/N-ethyl adjacent to an activating group) is 1. The van der Waals surface area contributed by atoms with Crippen LogP contribution < -0.4 is 10.1 Å². The maximum Gasteiger partial charge on any atom is 0.260 e. The van der Waals surface area contributed by atoms with Gasteiger partial charge in [0.25, 0.3) is 5.91 Å². The van der Waals surface area contributed by atoms with Gasteiger partial charge in [0.15, 0.2) is 6.61 Å². The molecule has 1 N–H and O–H groups in total. The predicted octanol–water partition coefficient (Wildman–Crippen LogP) is 3.52. The molecule has 0 saturated heterocycles. The Kier molecular flexibility index (Phi) is 7.29. The van der Waals surface area contributed by atoms with E-state index in [4.69, 9.17) is 16.3 Å². The fraction of sp³-hybridized carbons (Fsp3) is 0.579. The van der Waals surface area contributed by atoms with E-state index in [2.05, 4.69) is 5.32 Å². The lowest BCUT2D eigenvalue weighted by molar-refractivity contribution is -0.136. The molecular weight excluding hydrogens is 340 g/mol. The fourth-order valence-corrected chi connectivity index (χ4v) is 2.43. The second kappa shape index (κ2) is 8.56. The monoisotopic (exact) mass is 368 g/mol. The SMILES string of the molecule is Cc1cc(OCC(=O)N(C)CC(=O)NC(C)(C)C)c(C(C)C)cc1Cl. The molecule has 0 spiro atoms. The molecule has 0 radical (unpaired) electrons.